The zero-order valence-electron chi connectivity index (χ0n) is 11.8. The molecule has 1 aliphatic carbocycles. The number of hydrogen-bond acceptors (Lipinski definition) is 3. The SMILES string of the molecule is CC(CNC1CC1)S(=O)(=O)N(C)Cc1cccc(Br)c1. The molecular formula is C14H21BrN2O2S. The van der Waals surface area contributed by atoms with E-state index < -0.39 is 15.3 Å². The minimum atomic E-state index is -3.26. The Bertz CT molecular complexity index is 558. The molecule has 0 amide bonds. The van der Waals surface area contributed by atoms with Crippen LogP contribution in [0.15, 0.2) is 28.7 Å². The maximum atomic E-state index is 12.4. The summed E-state index contributed by atoms with van der Waals surface area (Å²) in [4.78, 5) is 0. The van der Waals surface area contributed by atoms with Gasteiger partial charge in [-0.05, 0) is 37.5 Å². The molecule has 0 aromatic heterocycles. The van der Waals surface area contributed by atoms with Crippen LogP contribution in [-0.4, -0.2) is 37.6 Å². The molecule has 1 unspecified atom stereocenters. The van der Waals surface area contributed by atoms with Crippen molar-refractivity contribution in [2.75, 3.05) is 13.6 Å². The molecule has 1 aliphatic rings. The summed E-state index contributed by atoms with van der Waals surface area (Å²) < 4.78 is 27.3. The number of benzene rings is 1. The van der Waals surface area contributed by atoms with Gasteiger partial charge in [0.15, 0.2) is 0 Å². The van der Waals surface area contributed by atoms with Crippen molar-refractivity contribution in [2.45, 2.75) is 37.6 Å². The molecule has 2 rings (SSSR count). The van der Waals surface area contributed by atoms with Crippen LogP contribution in [0.5, 0.6) is 0 Å². The molecule has 6 heteroatoms. The molecule has 1 atom stereocenters. The summed E-state index contributed by atoms with van der Waals surface area (Å²) in [5.74, 6) is 0. The van der Waals surface area contributed by atoms with E-state index >= 15 is 0 Å². The Morgan fingerprint density at radius 3 is 2.75 bits per heavy atom. The van der Waals surface area contributed by atoms with E-state index in [9.17, 15) is 8.42 Å². The molecule has 0 bridgehead atoms. The standard InChI is InChI=1S/C14H21BrN2O2S/c1-11(9-16-14-6-7-14)20(18,19)17(2)10-12-4-3-5-13(15)8-12/h3-5,8,11,14,16H,6-7,9-10H2,1-2H3. The lowest BCUT2D eigenvalue weighted by atomic mass is 10.2. The number of halogens is 1. The zero-order chi connectivity index (χ0) is 14.8. The van der Waals surface area contributed by atoms with E-state index in [1.165, 1.54) is 17.1 Å². The Hall–Kier alpha value is -0.430. The summed E-state index contributed by atoms with van der Waals surface area (Å²) in [6.45, 7) is 2.69. The monoisotopic (exact) mass is 360 g/mol. The molecule has 20 heavy (non-hydrogen) atoms. The fourth-order valence-corrected chi connectivity index (χ4v) is 3.71. The van der Waals surface area contributed by atoms with Crippen molar-refractivity contribution >= 4 is 26.0 Å². The highest BCUT2D eigenvalue weighted by molar-refractivity contribution is 9.10. The topological polar surface area (TPSA) is 49.4 Å². The molecule has 4 nitrogen and oxygen atoms in total. The van der Waals surface area contributed by atoms with Gasteiger partial charge in [-0.3, -0.25) is 0 Å². The van der Waals surface area contributed by atoms with Crippen LogP contribution in [0.3, 0.4) is 0 Å². The molecule has 1 fully saturated rings. The number of hydrogen-bond donors (Lipinski definition) is 1. The first-order valence-electron chi connectivity index (χ1n) is 6.82. The number of rotatable bonds is 7. The van der Waals surface area contributed by atoms with Crippen LogP contribution in [0.1, 0.15) is 25.3 Å². The molecule has 1 aromatic carbocycles. The van der Waals surface area contributed by atoms with Crippen LogP contribution in [-0.2, 0) is 16.6 Å². The highest BCUT2D eigenvalue weighted by Gasteiger charge is 2.28. The number of nitrogens with one attached hydrogen (secondary N) is 1. The summed E-state index contributed by atoms with van der Waals surface area (Å²) in [7, 11) is -1.62. The van der Waals surface area contributed by atoms with Gasteiger partial charge in [0.05, 0.1) is 5.25 Å². The smallest absolute Gasteiger partial charge is 0.218 e. The zero-order valence-corrected chi connectivity index (χ0v) is 14.2. The van der Waals surface area contributed by atoms with Crippen molar-refractivity contribution < 1.29 is 8.42 Å². The first kappa shape index (κ1) is 15.9. The largest absolute Gasteiger partial charge is 0.313 e. The van der Waals surface area contributed by atoms with Crippen molar-refractivity contribution in [1.82, 2.24) is 9.62 Å². The highest BCUT2D eigenvalue weighted by Crippen LogP contribution is 2.20. The second-order valence-electron chi connectivity index (χ2n) is 5.42. The van der Waals surface area contributed by atoms with Gasteiger partial charge in [-0.25, -0.2) is 12.7 Å². The summed E-state index contributed by atoms with van der Waals surface area (Å²) in [5, 5.41) is 2.87. The second kappa shape index (κ2) is 6.56. The third-order valence-electron chi connectivity index (χ3n) is 3.51. The predicted molar refractivity (Wildman–Crippen MR) is 85.0 cm³/mol. The van der Waals surface area contributed by atoms with Gasteiger partial charge >= 0.3 is 0 Å². The number of nitrogens with zero attached hydrogens (tertiary/aromatic N) is 1. The highest BCUT2D eigenvalue weighted by atomic mass is 79.9. The Morgan fingerprint density at radius 1 is 1.45 bits per heavy atom. The first-order chi connectivity index (χ1) is 9.39. The lowest BCUT2D eigenvalue weighted by molar-refractivity contribution is 0.453. The molecule has 0 aliphatic heterocycles. The molecule has 112 valence electrons. The van der Waals surface area contributed by atoms with Gasteiger partial charge in [0.1, 0.15) is 0 Å². The Balaban J connectivity index is 1.96. The maximum Gasteiger partial charge on any atom is 0.218 e. The van der Waals surface area contributed by atoms with E-state index in [4.69, 9.17) is 0 Å². The lowest BCUT2D eigenvalue weighted by Gasteiger charge is -2.22. The minimum Gasteiger partial charge on any atom is -0.313 e. The molecular weight excluding hydrogens is 340 g/mol. The quantitative estimate of drug-likeness (QED) is 0.811. The summed E-state index contributed by atoms with van der Waals surface area (Å²) in [6.07, 6.45) is 2.33. The van der Waals surface area contributed by atoms with Crippen LogP contribution in [0, 0.1) is 0 Å². The van der Waals surface area contributed by atoms with Gasteiger partial charge in [-0.15, -0.1) is 0 Å². The average Bonchev–Trinajstić information content (AvgIpc) is 3.19. The molecule has 0 saturated heterocycles. The number of sulfonamides is 1. The van der Waals surface area contributed by atoms with Gasteiger partial charge in [0.2, 0.25) is 10.0 Å². The fraction of sp³-hybridized carbons (Fsp3) is 0.571. The summed E-state index contributed by atoms with van der Waals surface area (Å²) in [6, 6.07) is 8.25. The molecule has 1 saturated carbocycles. The third kappa shape index (κ3) is 4.28. The average molecular weight is 361 g/mol. The molecule has 0 heterocycles. The van der Waals surface area contributed by atoms with Gasteiger partial charge in [-0.2, -0.15) is 0 Å². The van der Waals surface area contributed by atoms with Crippen LogP contribution in [0.2, 0.25) is 0 Å². The van der Waals surface area contributed by atoms with Crippen molar-refractivity contribution in [3.8, 4) is 0 Å². The minimum absolute atomic E-state index is 0.398. The second-order valence-corrected chi connectivity index (χ2v) is 8.80. The Labute approximate surface area is 129 Å². The Morgan fingerprint density at radius 2 is 2.15 bits per heavy atom. The summed E-state index contributed by atoms with van der Waals surface area (Å²) >= 11 is 3.40. The van der Waals surface area contributed by atoms with Gasteiger partial charge in [0.25, 0.3) is 0 Å². The van der Waals surface area contributed by atoms with Gasteiger partial charge in [-0.1, -0.05) is 28.1 Å². The van der Waals surface area contributed by atoms with E-state index in [2.05, 4.69) is 21.2 Å². The van der Waals surface area contributed by atoms with Crippen molar-refractivity contribution in [1.29, 1.82) is 0 Å². The van der Waals surface area contributed by atoms with Crippen LogP contribution < -0.4 is 5.32 Å². The van der Waals surface area contributed by atoms with Crippen molar-refractivity contribution in [3.05, 3.63) is 34.3 Å². The maximum absolute atomic E-state index is 12.4. The van der Waals surface area contributed by atoms with Crippen molar-refractivity contribution in [3.63, 3.8) is 0 Å². The normalized spacial score (nSPS) is 17.4. The van der Waals surface area contributed by atoms with E-state index in [1.54, 1.807) is 14.0 Å². The molecule has 1 aromatic rings. The summed E-state index contributed by atoms with van der Waals surface area (Å²) in [5.41, 5.74) is 0.979. The van der Waals surface area contributed by atoms with Gasteiger partial charge in [0, 0.05) is 30.7 Å². The fourth-order valence-electron chi connectivity index (χ4n) is 2.01. The third-order valence-corrected chi connectivity index (χ3v) is 6.18. The molecule has 0 spiro atoms. The Kier molecular flexibility index (Phi) is 5.23. The van der Waals surface area contributed by atoms with E-state index in [-0.39, 0.29) is 0 Å². The predicted octanol–water partition coefficient (Wildman–Crippen LogP) is 2.35. The lowest BCUT2D eigenvalue weighted by Crippen LogP contribution is -2.40. The van der Waals surface area contributed by atoms with E-state index in [0.717, 1.165) is 10.0 Å². The molecule has 0 radical (unpaired) electrons. The van der Waals surface area contributed by atoms with E-state index in [0.29, 0.717) is 19.1 Å². The van der Waals surface area contributed by atoms with Crippen LogP contribution in [0.25, 0.3) is 0 Å². The first-order valence-corrected chi connectivity index (χ1v) is 9.12. The van der Waals surface area contributed by atoms with Crippen molar-refractivity contribution in [2.24, 2.45) is 0 Å². The molecule has 1 N–H and O–H groups in total. The van der Waals surface area contributed by atoms with Gasteiger partial charge < -0.3 is 5.32 Å². The van der Waals surface area contributed by atoms with Crippen LogP contribution >= 0.6 is 15.9 Å². The van der Waals surface area contributed by atoms with Crippen LogP contribution in [0.4, 0.5) is 0 Å². The van der Waals surface area contributed by atoms with E-state index in [1.807, 2.05) is 24.3 Å².